The molecular formula is C15H13Cl3N2. The molecule has 2 nitrogen and oxygen atoms in total. The van der Waals surface area contributed by atoms with E-state index in [2.05, 4.69) is 23.8 Å². The molecule has 0 radical (unpaired) electrons. The van der Waals surface area contributed by atoms with Crippen LogP contribution in [0.25, 0.3) is 11.1 Å². The van der Waals surface area contributed by atoms with E-state index in [-0.39, 0.29) is 5.41 Å². The molecular weight excluding hydrogens is 315 g/mol. The Morgan fingerprint density at radius 3 is 1.95 bits per heavy atom. The highest BCUT2D eigenvalue weighted by molar-refractivity contribution is 6.37. The first-order chi connectivity index (χ1) is 9.38. The van der Waals surface area contributed by atoms with Gasteiger partial charge in [-0.3, -0.25) is 0 Å². The van der Waals surface area contributed by atoms with Gasteiger partial charge in [-0.1, -0.05) is 60.8 Å². The van der Waals surface area contributed by atoms with Gasteiger partial charge in [-0.25, -0.2) is 9.97 Å². The molecule has 0 aliphatic heterocycles. The quantitative estimate of drug-likeness (QED) is 0.669. The fourth-order valence-corrected chi connectivity index (χ4v) is 3.09. The number of aromatic nitrogens is 2. The Labute approximate surface area is 133 Å². The molecule has 0 N–H and O–H groups in total. The number of hydrogen-bond donors (Lipinski definition) is 0. The highest BCUT2D eigenvalue weighted by Crippen LogP contribution is 2.58. The van der Waals surface area contributed by atoms with Crippen LogP contribution in [0.1, 0.15) is 32.0 Å². The number of benzene rings is 1. The highest BCUT2D eigenvalue weighted by atomic mass is 35.5. The van der Waals surface area contributed by atoms with Gasteiger partial charge in [0.25, 0.3) is 0 Å². The molecule has 1 aromatic heterocycles. The zero-order valence-corrected chi connectivity index (χ0v) is 13.4. The van der Waals surface area contributed by atoms with Gasteiger partial charge in [0.15, 0.2) is 0 Å². The summed E-state index contributed by atoms with van der Waals surface area (Å²) < 4.78 is 0. The summed E-state index contributed by atoms with van der Waals surface area (Å²) in [6.07, 6.45) is 1.07. The Balaban J connectivity index is 2.03. The lowest BCUT2D eigenvalue weighted by atomic mass is 10.1. The van der Waals surface area contributed by atoms with Gasteiger partial charge in [-0.05, 0) is 29.5 Å². The Hall–Kier alpha value is -0.830. The topological polar surface area (TPSA) is 25.8 Å². The first kappa shape index (κ1) is 14.1. The van der Waals surface area contributed by atoms with Crippen molar-refractivity contribution in [3.8, 4) is 11.1 Å². The third-order valence-electron chi connectivity index (χ3n) is 3.80. The van der Waals surface area contributed by atoms with E-state index in [9.17, 15) is 0 Å². The first-order valence-corrected chi connectivity index (χ1v) is 7.51. The van der Waals surface area contributed by atoms with E-state index in [1.165, 1.54) is 0 Å². The molecule has 1 aliphatic rings. The predicted octanol–water partition coefficient (Wildman–Crippen LogP) is 5.62. The molecule has 1 heterocycles. The van der Waals surface area contributed by atoms with Crippen LogP contribution in [0.4, 0.5) is 0 Å². The first-order valence-electron chi connectivity index (χ1n) is 6.37. The Morgan fingerprint density at radius 1 is 1.00 bits per heavy atom. The molecule has 1 unspecified atom stereocenters. The Morgan fingerprint density at radius 2 is 1.50 bits per heavy atom. The summed E-state index contributed by atoms with van der Waals surface area (Å²) in [5.74, 6) is 1.08. The second kappa shape index (κ2) is 4.87. The molecule has 5 heteroatoms. The molecule has 20 heavy (non-hydrogen) atoms. The van der Waals surface area contributed by atoms with E-state index in [0.717, 1.165) is 17.8 Å². The summed E-state index contributed by atoms with van der Waals surface area (Å²) in [6.45, 7) is 4.38. The van der Waals surface area contributed by atoms with Crippen molar-refractivity contribution in [3.63, 3.8) is 0 Å². The van der Waals surface area contributed by atoms with Crippen LogP contribution in [0.3, 0.4) is 0 Å². The highest BCUT2D eigenvalue weighted by Gasteiger charge is 2.48. The van der Waals surface area contributed by atoms with Crippen molar-refractivity contribution < 1.29 is 0 Å². The van der Waals surface area contributed by atoms with Crippen molar-refractivity contribution in [2.24, 2.45) is 5.41 Å². The van der Waals surface area contributed by atoms with E-state index in [1.54, 1.807) is 12.1 Å². The van der Waals surface area contributed by atoms with Crippen LogP contribution in [0, 0.1) is 5.41 Å². The lowest BCUT2D eigenvalue weighted by Gasteiger charge is -2.09. The molecule has 3 rings (SSSR count). The van der Waals surface area contributed by atoms with E-state index in [4.69, 9.17) is 34.8 Å². The number of nitrogens with zero attached hydrogens (tertiary/aromatic N) is 2. The molecule has 104 valence electrons. The fourth-order valence-electron chi connectivity index (χ4n) is 2.34. The predicted molar refractivity (Wildman–Crippen MR) is 83.6 cm³/mol. The van der Waals surface area contributed by atoms with Crippen molar-refractivity contribution in [1.82, 2.24) is 9.97 Å². The minimum absolute atomic E-state index is 0.244. The largest absolute Gasteiger partial charge is 0.220 e. The number of rotatable bonds is 2. The maximum atomic E-state index is 6.31. The fraction of sp³-hybridized carbons (Fsp3) is 0.333. The average Bonchev–Trinajstić information content (AvgIpc) is 3.00. The summed E-state index contributed by atoms with van der Waals surface area (Å²) in [5, 5.41) is 1.45. The Kier molecular flexibility index (Phi) is 3.44. The van der Waals surface area contributed by atoms with E-state index in [0.29, 0.717) is 26.8 Å². The monoisotopic (exact) mass is 326 g/mol. The summed E-state index contributed by atoms with van der Waals surface area (Å²) in [5.41, 5.74) is 1.77. The van der Waals surface area contributed by atoms with Gasteiger partial charge in [-0.15, -0.1) is 0 Å². The van der Waals surface area contributed by atoms with Crippen LogP contribution in [-0.2, 0) is 0 Å². The molecule has 1 aromatic carbocycles. The van der Waals surface area contributed by atoms with Crippen molar-refractivity contribution in [2.75, 3.05) is 0 Å². The molecule has 1 saturated carbocycles. The van der Waals surface area contributed by atoms with Gasteiger partial charge in [0.05, 0.1) is 5.56 Å². The maximum Gasteiger partial charge on any atom is 0.142 e. The smallest absolute Gasteiger partial charge is 0.142 e. The summed E-state index contributed by atoms with van der Waals surface area (Å²) in [6, 6.07) is 7.31. The van der Waals surface area contributed by atoms with Gasteiger partial charge in [0.2, 0.25) is 0 Å². The van der Waals surface area contributed by atoms with Gasteiger partial charge in [0, 0.05) is 10.9 Å². The molecule has 1 fully saturated rings. The lowest BCUT2D eigenvalue weighted by Crippen LogP contribution is -2.00. The van der Waals surface area contributed by atoms with Crippen molar-refractivity contribution in [3.05, 3.63) is 45.4 Å². The van der Waals surface area contributed by atoms with Crippen LogP contribution >= 0.6 is 34.8 Å². The minimum atomic E-state index is 0.244. The normalized spacial score (nSPS) is 19.9. The van der Waals surface area contributed by atoms with Crippen molar-refractivity contribution in [1.29, 1.82) is 0 Å². The van der Waals surface area contributed by atoms with Crippen LogP contribution < -0.4 is 0 Å². The summed E-state index contributed by atoms with van der Waals surface area (Å²) >= 11 is 18.5. The van der Waals surface area contributed by atoms with Crippen LogP contribution in [0.5, 0.6) is 0 Å². The standard InChI is InChI=1S/C15H13Cl3N2/c1-15(2)7-10(15)14-19-12(17)11(13(18)20-14)8-3-5-9(16)6-4-8/h3-6,10H,7H2,1-2H3. The van der Waals surface area contributed by atoms with Crippen molar-refractivity contribution >= 4 is 34.8 Å². The van der Waals surface area contributed by atoms with Crippen LogP contribution in [0.2, 0.25) is 15.3 Å². The van der Waals surface area contributed by atoms with E-state index >= 15 is 0 Å². The third kappa shape index (κ3) is 2.52. The molecule has 0 bridgehead atoms. The Bertz CT molecular complexity index is 642. The average molecular weight is 328 g/mol. The molecule has 0 saturated heterocycles. The van der Waals surface area contributed by atoms with Crippen molar-refractivity contribution in [2.45, 2.75) is 26.2 Å². The summed E-state index contributed by atoms with van der Waals surface area (Å²) in [7, 11) is 0. The van der Waals surface area contributed by atoms with E-state index < -0.39 is 0 Å². The molecule has 1 atom stereocenters. The molecule has 0 amide bonds. The van der Waals surface area contributed by atoms with Crippen LogP contribution in [-0.4, -0.2) is 9.97 Å². The molecule has 2 aromatic rings. The maximum absolute atomic E-state index is 6.31. The van der Waals surface area contributed by atoms with Crippen LogP contribution in [0.15, 0.2) is 24.3 Å². The zero-order chi connectivity index (χ0) is 14.5. The second-order valence-electron chi connectivity index (χ2n) is 5.79. The zero-order valence-electron chi connectivity index (χ0n) is 11.1. The van der Waals surface area contributed by atoms with Gasteiger partial charge < -0.3 is 0 Å². The van der Waals surface area contributed by atoms with Gasteiger partial charge >= 0.3 is 0 Å². The molecule has 1 aliphatic carbocycles. The lowest BCUT2D eigenvalue weighted by molar-refractivity contribution is 0.608. The molecule has 0 spiro atoms. The summed E-state index contributed by atoms with van der Waals surface area (Å²) in [4.78, 5) is 8.85. The third-order valence-corrected chi connectivity index (χ3v) is 4.59. The van der Waals surface area contributed by atoms with E-state index in [1.807, 2.05) is 12.1 Å². The van der Waals surface area contributed by atoms with Gasteiger partial charge in [0.1, 0.15) is 16.1 Å². The number of hydrogen-bond acceptors (Lipinski definition) is 2. The van der Waals surface area contributed by atoms with Gasteiger partial charge in [-0.2, -0.15) is 0 Å². The minimum Gasteiger partial charge on any atom is -0.220 e. The second-order valence-corrected chi connectivity index (χ2v) is 6.94. The number of halogens is 3. The SMILES string of the molecule is CC1(C)CC1c1nc(Cl)c(-c2ccc(Cl)cc2)c(Cl)n1.